The molecule has 0 saturated carbocycles. The van der Waals surface area contributed by atoms with Gasteiger partial charge in [-0.1, -0.05) is 13.8 Å². The lowest BCUT2D eigenvalue weighted by molar-refractivity contribution is -0.363. The van der Waals surface area contributed by atoms with Gasteiger partial charge in [0.1, 0.15) is 5.71 Å². The molecular weight excluding hydrogens is 355 g/mol. The van der Waals surface area contributed by atoms with E-state index in [0.29, 0.717) is 22.8 Å². The molecule has 2 aliphatic rings. The zero-order valence-electron chi connectivity index (χ0n) is 17.4. The number of allylic oxidation sites excluding steroid dienone is 2. The first-order valence-corrected chi connectivity index (χ1v) is 9.98. The zero-order chi connectivity index (χ0) is 20.4. The van der Waals surface area contributed by atoms with E-state index in [4.69, 9.17) is 0 Å². The Morgan fingerprint density at radius 2 is 1.68 bits per heavy atom. The number of hydrogen-bond donors (Lipinski definition) is 0. The van der Waals surface area contributed by atoms with Gasteiger partial charge in [0.05, 0.1) is 5.57 Å². The van der Waals surface area contributed by atoms with Crippen molar-refractivity contribution in [3.05, 3.63) is 69.4 Å². The molecule has 2 aromatic heterocycles. The Labute approximate surface area is 165 Å². The maximum atomic E-state index is 16.0. The summed E-state index contributed by atoms with van der Waals surface area (Å²) in [6, 6.07) is 3.84. The molecule has 4 heterocycles. The monoisotopic (exact) mass is 381 g/mol. The fourth-order valence-electron chi connectivity index (χ4n) is 5.27. The van der Waals surface area contributed by atoms with E-state index in [9.17, 15) is 0 Å². The van der Waals surface area contributed by atoms with Crippen molar-refractivity contribution in [1.29, 1.82) is 0 Å². The quantitative estimate of drug-likeness (QED) is 0.664. The molecule has 146 valence electrons. The van der Waals surface area contributed by atoms with E-state index in [0.717, 1.165) is 46.3 Å². The van der Waals surface area contributed by atoms with Gasteiger partial charge in [-0.15, -0.1) is 0 Å². The average molecular weight is 381 g/mol. The molecule has 0 aromatic carbocycles. The standard InChI is InChI=1S/C22H26BF2N3/c1-7-18-13(3)21-20(17-9-11-26-12-10-17)22-14(4)19(8-2)16(6)28(22)23(24,25)27(21)15(18)5/h9-12H,7-8H2,1-6H3. The molecule has 0 N–H and O–H groups in total. The van der Waals surface area contributed by atoms with Crippen LogP contribution < -0.4 is 0 Å². The third kappa shape index (κ3) is 2.20. The summed E-state index contributed by atoms with van der Waals surface area (Å²) in [6.07, 6.45) is 4.93. The molecule has 0 atom stereocenters. The maximum absolute atomic E-state index is 16.0. The van der Waals surface area contributed by atoms with Crippen molar-refractivity contribution in [3.8, 4) is 0 Å². The van der Waals surface area contributed by atoms with Crippen LogP contribution in [0.4, 0.5) is 8.63 Å². The highest BCUT2D eigenvalue weighted by molar-refractivity contribution is 6.58. The molecule has 4 rings (SSSR count). The number of hydrogen-bond acceptors (Lipinski definition) is 1. The van der Waals surface area contributed by atoms with Crippen molar-refractivity contribution < 1.29 is 13.1 Å². The summed E-state index contributed by atoms with van der Waals surface area (Å²) < 4.78 is 34.7. The summed E-state index contributed by atoms with van der Waals surface area (Å²) in [6.45, 7) is 7.71. The van der Waals surface area contributed by atoms with E-state index < -0.39 is 6.97 Å². The highest BCUT2D eigenvalue weighted by Crippen LogP contribution is 2.46. The lowest BCUT2D eigenvalue weighted by Gasteiger charge is -2.34. The van der Waals surface area contributed by atoms with Gasteiger partial charge in [0.2, 0.25) is 0 Å². The van der Waals surface area contributed by atoms with E-state index in [1.165, 1.54) is 8.96 Å². The molecule has 0 unspecified atom stereocenters. The average Bonchev–Trinajstić information content (AvgIpc) is 3.07. The highest BCUT2D eigenvalue weighted by atomic mass is 19.2. The van der Waals surface area contributed by atoms with Gasteiger partial charge in [0.25, 0.3) is 0 Å². The van der Waals surface area contributed by atoms with E-state index in [1.54, 1.807) is 12.4 Å². The second-order valence-corrected chi connectivity index (χ2v) is 7.72. The number of rotatable bonds is 3. The molecule has 2 aromatic rings. The van der Waals surface area contributed by atoms with Crippen LogP contribution in [0.5, 0.6) is 0 Å². The third-order valence-electron chi connectivity index (χ3n) is 6.46. The van der Waals surface area contributed by atoms with Gasteiger partial charge in [-0.25, -0.2) is 0 Å². The summed E-state index contributed by atoms with van der Waals surface area (Å²) >= 11 is 0. The SMILES string of the molecule is CCC1=C(C)C2=C(c3ccncc3)c3c(C)c(CC)c(C)n3[B-](F)(F)[N+]2=C1C. The number of pyridine rings is 1. The van der Waals surface area contributed by atoms with Crippen molar-refractivity contribution in [2.75, 3.05) is 0 Å². The lowest BCUT2D eigenvalue weighted by atomic mass is 9.84. The fourth-order valence-corrected chi connectivity index (χ4v) is 5.27. The molecule has 0 amide bonds. The number of halogens is 2. The van der Waals surface area contributed by atoms with E-state index in [1.807, 2.05) is 53.7 Å². The molecule has 0 radical (unpaired) electrons. The topological polar surface area (TPSA) is 20.8 Å². The van der Waals surface area contributed by atoms with Gasteiger partial charge >= 0.3 is 6.97 Å². The minimum absolute atomic E-state index is 0.654. The molecule has 0 saturated heterocycles. The van der Waals surface area contributed by atoms with E-state index in [-0.39, 0.29) is 0 Å². The molecule has 28 heavy (non-hydrogen) atoms. The van der Waals surface area contributed by atoms with Crippen molar-refractivity contribution in [2.24, 2.45) is 0 Å². The molecule has 2 aliphatic heterocycles. The first-order chi connectivity index (χ1) is 13.3. The van der Waals surface area contributed by atoms with Gasteiger partial charge in [-0.05, 0) is 68.1 Å². The second-order valence-electron chi connectivity index (χ2n) is 7.72. The summed E-state index contributed by atoms with van der Waals surface area (Å²) in [5.74, 6) is 0. The van der Waals surface area contributed by atoms with Crippen LogP contribution in [0.25, 0.3) is 5.57 Å². The van der Waals surface area contributed by atoms with Crippen molar-refractivity contribution >= 4 is 18.3 Å². The first-order valence-electron chi connectivity index (χ1n) is 9.98. The molecule has 0 aliphatic carbocycles. The van der Waals surface area contributed by atoms with Gasteiger partial charge in [0.15, 0.2) is 5.70 Å². The van der Waals surface area contributed by atoms with Gasteiger partial charge in [-0.2, -0.15) is 0 Å². The smallest absolute Gasteiger partial charge is 0.393 e. The molecule has 6 heteroatoms. The Kier molecular flexibility index (Phi) is 4.21. The predicted molar refractivity (Wildman–Crippen MR) is 111 cm³/mol. The van der Waals surface area contributed by atoms with E-state index in [2.05, 4.69) is 4.98 Å². The van der Waals surface area contributed by atoms with Crippen molar-refractivity contribution in [3.63, 3.8) is 0 Å². The van der Waals surface area contributed by atoms with Gasteiger partial charge in [0, 0.05) is 36.2 Å². The minimum atomic E-state index is -3.96. The van der Waals surface area contributed by atoms with Crippen LogP contribution in [-0.2, 0) is 6.42 Å². The van der Waals surface area contributed by atoms with Gasteiger partial charge < -0.3 is 17.6 Å². The van der Waals surface area contributed by atoms with E-state index >= 15 is 8.63 Å². The Balaban J connectivity index is 2.23. The Morgan fingerprint density at radius 1 is 1.04 bits per heavy atom. The van der Waals surface area contributed by atoms with Crippen molar-refractivity contribution in [1.82, 2.24) is 9.46 Å². The lowest BCUT2D eigenvalue weighted by Crippen LogP contribution is -2.51. The number of nitrogens with zero attached hydrogens (tertiary/aromatic N) is 3. The second kappa shape index (κ2) is 6.26. The van der Waals surface area contributed by atoms with Crippen LogP contribution in [0.3, 0.4) is 0 Å². The highest BCUT2D eigenvalue weighted by Gasteiger charge is 2.56. The summed E-state index contributed by atoms with van der Waals surface area (Å²) in [4.78, 5) is 4.13. The van der Waals surface area contributed by atoms with Crippen molar-refractivity contribution in [2.45, 2.75) is 54.4 Å². The normalized spacial score (nSPS) is 18.1. The van der Waals surface area contributed by atoms with Crippen LogP contribution in [0.1, 0.15) is 62.2 Å². The summed E-state index contributed by atoms with van der Waals surface area (Å²) in [7, 11) is 0. The van der Waals surface area contributed by atoms with Crippen LogP contribution in [-0.4, -0.2) is 26.6 Å². The van der Waals surface area contributed by atoms with Gasteiger partial charge in [-0.3, -0.25) is 4.98 Å². The molecule has 0 bridgehead atoms. The predicted octanol–water partition coefficient (Wildman–Crippen LogP) is 5.27. The molecule has 0 spiro atoms. The minimum Gasteiger partial charge on any atom is -0.393 e. The maximum Gasteiger partial charge on any atom is 0.737 e. The van der Waals surface area contributed by atoms with Crippen LogP contribution in [0.15, 0.2) is 41.4 Å². The summed E-state index contributed by atoms with van der Waals surface area (Å²) in [5, 5.41) is 0. The van der Waals surface area contributed by atoms with Crippen LogP contribution >= 0.6 is 0 Å². The Bertz CT molecular complexity index is 1090. The largest absolute Gasteiger partial charge is 0.737 e. The molecular formula is C22H26BF2N3. The third-order valence-corrected chi connectivity index (χ3v) is 6.46. The molecule has 0 fully saturated rings. The summed E-state index contributed by atoms with van der Waals surface area (Å²) in [5.41, 5.74) is 8.39. The molecule has 3 nitrogen and oxygen atoms in total. The zero-order valence-corrected chi connectivity index (χ0v) is 17.4. The van der Waals surface area contributed by atoms with Crippen LogP contribution in [0.2, 0.25) is 0 Å². The Morgan fingerprint density at radius 3 is 2.25 bits per heavy atom. The van der Waals surface area contributed by atoms with Crippen LogP contribution in [0, 0.1) is 13.8 Å². The number of fused-ring (bicyclic) bond motifs is 2. The number of aromatic nitrogens is 2. The first kappa shape index (κ1) is 18.8. The fraction of sp³-hybridized carbons (Fsp3) is 0.364. The Hall–Kier alpha value is -2.50.